The van der Waals surface area contributed by atoms with Gasteiger partial charge in [-0.15, -0.1) is 0 Å². The van der Waals surface area contributed by atoms with Crippen LogP contribution in [0.4, 0.5) is 5.95 Å². The van der Waals surface area contributed by atoms with Crippen LogP contribution < -0.4 is 19.9 Å². The summed E-state index contributed by atoms with van der Waals surface area (Å²) < 4.78 is 16.5. The van der Waals surface area contributed by atoms with Gasteiger partial charge in [-0.2, -0.15) is 4.98 Å². The molecule has 6 nitrogen and oxygen atoms in total. The Hall–Kier alpha value is -3.02. The maximum atomic E-state index is 5.80. The zero-order valence-corrected chi connectivity index (χ0v) is 14.7. The molecule has 25 heavy (non-hydrogen) atoms. The summed E-state index contributed by atoms with van der Waals surface area (Å²) in [6, 6.07) is 11.7. The lowest BCUT2D eigenvalue weighted by Gasteiger charge is -2.13. The molecular weight excluding hydrogens is 318 g/mol. The number of nitrogen functional groups attached to an aromatic ring is 1. The molecule has 1 aromatic heterocycles. The van der Waals surface area contributed by atoms with E-state index in [-0.39, 0.29) is 12.1 Å². The van der Waals surface area contributed by atoms with E-state index in [1.54, 1.807) is 14.2 Å². The van der Waals surface area contributed by atoms with Crippen molar-refractivity contribution in [3.05, 3.63) is 36.4 Å². The topological polar surface area (TPSA) is 79.5 Å². The Bertz CT molecular complexity index is 910. The first-order valence-electron chi connectivity index (χ1n) is 7.98. The van der Waals surface area contributed by atoms with Gasteiger partial charge in [0.25, 0.3) is 0 Å². The summed E-state index contributed by atoms with van der Waals surface area (Å²) >= 11 is 0. The summed E-state index contributed by atoms with van der Waals surface area (Å²) in [6.07, 6.45) is -0.0118. The minimum Gasteiger partial charge on any atom is -0.493 e. The van der Waals surface area contributed by atoms with Crippen LogP contribution in [0.3, 0.4) is 0 Å². The van der Waals surface area contributed by atoms with E-state index in [0.717, 1.165) is 22.0 Å². The number of ether oxygens (including phenoxy) is 3. The zero-order chi connectivity index (χ0) is 18.0. The number of hydrogen-bond acceptors (Lipinski definition) is 6. The maximum Gasteiger partial charge on any atom is 0.226 e. The molecule has 1 heterocycles. The van der Waals surface area contributed by atoms with Crippen molar-refractivity contribution in [1.29, 1.82) is 0 Å². The van der Waals surface area contributed by atoms with Crippen molar-refractivity contribution >= 4 is 16.9 Å². The number of nitrogens with two attached hydrogens (primary N) is 1. The number of aromatic nitrogens is 2. The average molecular weight is 339 g/mol. The number of rotatable bonds is 5. The van der Waals surface area contributed by atoms with E-state index in [1.807, 2.05) is 50.2 Å². The molecule has 3 rings (SSSR count). The Balaban J connectivity index is 2.13. The van der Waals surface area contributed by atoms with Crippen molar-refractivity contribution in [2.24, 2.45) is 0 Å². The van der Waals surface area contributed by atoms with Crippen LogP contribution in [-0.4, -0.2) is 30.3 Å². The molecule has 0 fully saturated rings. The molecule has 0 unspecified atom stereocenters. The van der Waals surface area contributed by atoms with Crippen molar-refractivity contribution in [3.63, 3.8) is 0 Å². The molecule has 0 amide bonds. The lowest BCUT2D eigenvalue weighted by atomic mass is 10.0. The second-order valence-corrected chi connectivity index (χ2v) is 5.86. The van der Waals surface area contributed by atoms with Gasteiger partial charge in [-0.05, 0) is 49.2 Å². The quantitative estimate of drug-likeness (QED) is 0.764. The summed E-state index contributed by atoms with van der Waals surface area (Å²) in [5, 5.41) is 0.815. The highest BCUT2D eigenvalue weighted by molar-refractivity contribution is 5.89. The van der Waals surface area contributed by atoms with Crippen LogP contribution in [0.5, 0.6) is 17.4 Å². The monoisotopic (exact) mass is 339 g/mol. The largest absolute Gasteiger partial charge is 0.493 e. The van der Waals surface area contributed by atoms with Crippen molar-refractivity contribution in [2.75, 3.05) is 20.0 Å². The lowest BCUT2D eigenvalue weighted by Crippen LogP contribution is -2.09. The van der Waals surface area contributed by atoms with Crippen LogP contribution in [0.25, 0.3) is 22.0 Å². The molecule has 3 aromatic rings. The van der Waals surface area contributed by atoms with Crippen molar-refractivity contribution in [3.8, 4) is 28.5 Å². The van der Waals surface area contributed by atoms with Gasteiger partial charge in [-0.1, -0.05) is 12.1 Å². The third-order valence-corrected chi connectivity index (χ3v) is 3.74. The molecule has 0 bridgehead atoms. The predicted octanol–water partition coefficient (Wildman–Crippen LogP) is 3.68. The molecular formula is C19H21N3O3. The molecule has 2 aromatic carbocycles. The normalized spacial score (nSPS) is 10.9. The Kier molecular flexibility index (Phi) is 4.61. The highest BCUT2D eigenvalue weighted by Gasteiger charge is 2.12. The Morgan fingerprint density at radius 3 is 2.24 bits per heavy atom. The Morgan fingerprint density at radius 1 is 0.880 bits per heavy atom. The first kappa shape index (κ1) is 16.8. The minimum atomic E-state index is -0.0118. The SMILES string of the molecule is COc1ccc(-c2ccc3nc(N)nc(OC(C)C)c3c2)cc1OC. The third-order valence-electron chi connectivity index (χ3n) is 3.74. The first-order valence-corrected chi connectivity index (χ1v) is 7.98. The molecule has 6 heteroatoms. The molecule has 0 aliphatic heterocycles. The number of hydrogen-bond donors (Lipinski definition) is 1. The van der Waals surface area contributed by atoms with Gasteiger partial charge in [0.15, 0.2) is 11.5 Å². The standard InChI is InChI=1S/C19H21N3O3/c1-11(2)25-18-14-9-12(5-7-15(14)21-19(20)22-18)13-6-8-16(23-3)17(10-13)24-4/h5-11H,1-4H3,(H2,20,21,22). The highest BCUT2D eigenvalue weighted by atomic mass is 16.5. The zero-order valence-electron chi connectivity index (χ0n) is 14.7. The van der Waals surface area contributed by atoms with E-state index in [1.165, 1.54) is 0 Å². The highest BCUT2D eigenvalue weighted by Crippen LogP contribution is 2.34. The van der Waals surface area contributed by atoms with E-state index in [9.17, 15) is 0 Å². The van der Waals surface area contributed by atoms with E-state index in [2.05, 4.69) is 9.97 Å². The van der Waals surface area contributed by atoms with Crippen LogP contribution in [0.15, 0.2) is 36.4 Å². The fourth-order valence-electron chi connectivity index (χ4n) is 2.63. The molecule has 0 spiro atoms. The van der Waals surface area contributed by atoms with Crippen LogP contribution in [0, 0.1) is 0 Å². The number of nitrogens with zero attached hydrogens (tertiary/aromatic N) is 2. The van der Waals surface area contributed by atoms with Crippen molar-refractivity contribution in [2.45, 2.75) is 20.0 Å². The van der Waals surface area contributed by atoms with Gasteiger partial charge < -0.3 is 19.9 Å². The molecule has 0 saturated carbocycles. The van der Waals surface area contributed by atoms with Gasteiger partial charge in [0.05, 0.1) is 31.2 Å². The fraction of sp³-hybridized carbons (Fsp3) is 0.263. The molecule has 0 atom stereocenters. The van der Waals surface area contributed by atoms with Crippen LogP contribution >= 0.6 is 0 Å². The second kappa shape index (κ2) is 6.84. The van der Waals surface area contributed by atoms with Gasteiger partial charge >= 0.3 is 0 Å². The fourth-order valence-corrected chi connectivity index (χ4v) is 2.63. The van der Waals surface area contributed by atoms with Gasteiger partial charge in [0.1, 0.15) is 0 Å². The van der Waals surface area contributed by atoms with E-state index in [0.29, 0.717) is 17.4 Å². The average Bonchev–Trinajstić information content (AvgIpc) is 2.60. The van der Waals surface area contributed by atoms with Gasteiger partial charge in [-0.25, -0.2) is 4.98 Å². The molecule has 0 aliphatic rings. The predicted molar refractivity (Wildman–Crippen MR) is 98.3 cm³/mol. The maximum absolute atomic E-state index is 5.80. The molecule has 0 radical (unpaired) electrons. The van der Waals surface area contributed by atoms with E-state index in [4.69, 9.17) is 19.9 Å². The van der Waals surface area contributed by atoms with Crippen molar-refractivity contribution < 1.29 is 14.2 Å². The Labute approximate surface area is 146 Å². The van der Waals surface area contributed by atoms with Crippen LogP contribution in [-0.2, 0) is 0 Å². The Morgan fingerprint density at radius 2 is 1.56 bits per heavy atom. The van der Waals surface area contributed by atoms with Crippen LogP contribution in [0.2, 0.25) is 0 Å². The summed E-state index contributed by atoms with van der Waals surface area (Å²) in [6.45, 7) is 3.89. The minimum absolute atomic E-state index is 0.0118. The lowest BCUT2D eigenvalue weighted by molar-refractivity contribution is 0.236. The smallest absolute Gasteiger partial charge is 0.226 e. The van der Waals surface area contributed by atoms with Crippen LogP contribution in [0.1, 0.15) is 13.8 Å². The molecule has 2 N–H and O–H groups in total. The van der Waals surface area contributed by atoms with E-state index < -0.39 is 0 Å². The molecule has 0 saturated heterocycles. The number of benzene rings is 2. The first-order chi connectivity index (χ1) is 12.0. The summed E-state index contributed by atoms with van der Waals surface area (Å²) in [4.78, 5) is 8.52. The second-order valence-electron chi connectivity index (χ2n) is 5.86. The summed E-state index contributed by atoms with van der Waals surface area (Å²) in [5.74, 6) is 2.04. The van der Waals surface area contributed by atoms with E-state index >= 15 is 0 Å². The van der Waals surface area contributed by atoms with Crippen molar-refractivity contribution in [1.82, 2.24) is 9.97 Å². The van der Waals surface area contributed by atoms with Gasteiger partial charge in [0.2, 0.25) is 11.8 Å². The van der Waals surface area contributed by atoms with Gasteiger partial charge in [-0.3, -0.25) is 0 Å². The molecule has 130 valence electrons. The third kappa shape index (κ3) is 3.42. The number of methoxy groups -OCH3 is 2. The summed E-state index contributed by atoms with van der Waals surface area (Å²) in [5.41, 5.74) is 8.52. The number of anilines is 1. The van der Waals surface area contributed by atoms with Gasteiger partial charge in [0, 0.05) is 0 Å². The molecule has 0 aliphatic carbocycles. The number of fused-ring (bicyclic) bond motifs is 1. The summed E-state index contributed by atoms with van der Waals surface area (Å²) in [7, 11) is 3.23.